The summed E-state index contributed by atoms with van der Waals surface area (Å²) >= 11 is 5.95. The summed E-state index contributed by atoms with van der Waals surface area (Å²) < 4.78 is 7.15. The molecule has 0 aliphatic carbocycles. The smallest absolute Gasteiger partial charge is 0.354 e. The fraction of sp³-hybridized carbons (Fsp3) is 0.421. The van der Waals surface area contributed by atoms with E-state index in [0.29, 0.717) is 12.3 Å². The Bertz CT molecular complexity index is 726. The average molecular weight is 383 g/mol. The molecular weight excluding hydrogens is 359 g/mol. The number of halogens is 2. The number of nitrogens with zero attached hydrogens (tertiary/aromatic N) is 2. The fourth-order valence-corrected chi connectivity index (χ4v) is 3.44. The molecule has 25 heavy (non-hydrogen) atoms. The number of ether oxygens (including phenoxy) is 1. The third kappa shape index (κ3) is 4.57. The summed E-state index contributed by atoms with van der Waals surface area (Å²) in [4.78, 5) is 14.5. The summed E-state index contributed by atoms with van der Waals surface area (Å²) in [6.07, 6.45) is 1.90. The first-order chi connectivity index (χ1) is 11.6. The van der Waals surface area contributed by atoms with Crippen LogP contribution in [0.4, 0.5) is 0 Å². The van der Waals surface area contributed by atoms with Crippen LogP contribution in [-0.2, 0) is 31.2 Å². The van der Waals surface area contributed by atoms with Crippen molar-refractivity contribution in [3.05, 3.63) is 57.9 Å². The molecule has 1 aliphatic heterocycles. The van der Waals surface area contributed by atoms with Crippen LogP contribution in [0.2, 0.25) is 5.02 Å². The molecule has 0 atom stereocenters. The number of hydrogen-bond acceptors (Lipinski definition) is 3. The first-order valence-corrected chi connectivity index (χ1v) is 8.77. The molecular formula is C19H24Cl2N2O2. The number of hydrogen-bond donors (Lipinski definition) is 0. The van der Waals surface area contributed by atoms with Crippen LogP contribution in [0.3, 0.4) is 0 Å². The zero-order valence-corrected chi connectivity index (χ0v) is 16.2. The van der Waals surface area contributed by atoms with E-state index in [2.05, 4.69) is 17.0 Å². The first-order valence-electron chi connectivity index (χ1n) is 8.40. The molecule has 3 rings (SSSR count). The molecule has 1 aromatic heterocycles. The van der Waals surface area contributed by atoms with E-state index in [9.17, 15) is 4.79 Å². The van der Waals surface area contributed by atoms with Crippen molar-refractivity contribution >= 4 is 30.0 Å². The van der Waals surface area contributed by atoms with E-state index in [4.69, 9.17) is 16.3 Å². The van der Waals surface area contributed by atoms with E-state index in [1.807, 2.05) is 36.7 Å². The minimum atomic E-state index is -0.230. The number of carbonyl (C=O) groups excluding carboxylic acids is 1. The van der Waals surface area contributed by atoms with Gasteiger partial charge in [0.2, 0.25) is 0 Å². The van der Waals surface area contributed by atoms with Crippen molar-refractivity contribution in [2.24, 2.45) is 7.05 Å². The molecule has 0 radical (unpaired) electrons. The second-order valence-electron chi connectivity index (χ2n) is 6.18. The molecule has 0 saturated heterocycles. The summed E-state index contributed by atoms with van der Waals surface area (Å²) in [5.74, 6) is -0.230. The first kappa shape index (κ1) is 19.8. The van der Waals surface area contributed by atoms with Crippen LogP contribution in [0.15, 0.2) is 30.3 Å². The zero-order chi connectivity index (χ0) is 17.1. The normalized spacial score (nSPS) is 14.4. The van der Waals surface area contributed by atoms with Crippen molar-refractivity contribution in [1.29, 1.82) is 0 Å². The average Bonchev–Trinajstić information content (AvgIpc) is 2.75. The van der Waals surface area contributed by atoms with Crippen molar-refractivity contribution in [3.8, 4) is 0 Å². The maximum atomic E-state index is 12.0. The van der Waals surface area contributed by atoms with Gasteiger partial charge in [0.05, 0.1) is 6.61 Å². The number of benzene rings is 1. The Balaban J connectivity index is 0.00000225. The van der Waals surface area contributed by atoms with Gasteiger partial charge in [0, 0.05) is 43.8 Å². The largest absolute Gasteiger partial charge is 0.461 e. The summed E-state index contributed by atoms with van der Waals surface area (Å²) in [5.41, 5.74) is 4.45. The van der Waals surface area contributed by atoms with Crippen LogP contribution in [0.1, 0.15) is 34.2 Å². The lowest BCUT2D eigenvalue weighted by Gasteiger charge is -2.20. The Labute approximate surface area is 160 Å². The Morgan fingerprint density at radius 2 is 1.88 bits per heavy atom. The Morgan fingerprint density at radius 1 is 1.20 bits per heavy atom. The standard InChI is InChI=1S/C19H23ClN2O2.ClH/c1-3-24-19(23)18-12-15-8-10-22(11-9-17(15)21(18)2)13-14-4-6-16(20)7-5-14;/h4-7,12H,3,8-11,13H2,1-2H3;1H. The Morgan fingerprint density at radius 3 is 2.56 bits per heavy atom. The van der Waals surface area contributed by atoms with Gasteiger partial charge in [-0.2, -0.15) is 0 Å². The lowest BCUT2D eigenvalue weighted by molar-refractivity contribution is 0.0515. The Kier molecular flexibility index (Phi) is 6.94. The number of esters is 1. The molecule has 6 heteroatoms. The number of aromatic nitrogens is 1. The summed E-state index contributed by atoms with van der Waals surface area (Å²) in [6, 6.07) is 10.0. The van der Waals surface area contributed by atoms with E-state index >= 15 is 0 Å². The van der Waals surface area contributed by atoms with Crippen molar-refractivity contribution in [3.63, 3.8) is 0 Å². The molecule has 1 aliphatic rings. The van der Waals surface area contributed by atoms with E-state index in [1.54, 1.807) is 0 Å². The Hall–Kier alpha value is -1.49. The van der Waals surface area contributed by atoms with Gasteiger partial charge in [-0.05, 0) is 42.7 Å². The molecule has 0 N–H and O–H groups in total. The van der Waals surface area contributed by atoms with Gasteiger partial charge < -0.3 is 9.30 Å². The van der Waals surface area contributed by atoms with Crippen molar-refractivity contribution < 1.29 is 9.53 Å². The number of carbonyl (C=O) groups is 1. The summed E-state index contributed by atoms with van der Waals surface area (Å²) in [6.45, 7) is 5.14. The van der Waals surface area contributed by atoms with Crippen LogP contribution in [0, 0.1) is 0 Å². The molecule has 2 heterocycles. The summed E-state index contributed by atoms with van der Waals surface area (Å²) in [5, 5.41) is 0.772. The monoisotopic (exact) mass is 382 g/mol. The molecule has 2 aromatic rings. The fourth-order valence-electron chi connectivity index (χ4n) is 3.31. The molecule has 0 amide bonds. The maximum Gasteiger partial charge on any atom is 0.354 e. The van der Waals surface area contributed by atoms with Crippen LogP contribution < -0.4 is 0 Å². The zero-order valence-electron chi connectivity index (χ0n) is 14.6. The SMILES string of the molecule is CCOC(=O)c1cc2c(n1C)CCN(Cc1ccc(Cl)cc1)CC2.Cl. The second kappa shape index (κ2) is 8.75. The predicted octanol–water partition coefficient (Wildman–Crippen LogP) is 3.88. The number of fused-ring (bicyclic) bond motifs is 1. The van der Waals surface area contributed by atoms with Gasteiger partial charge in [0.25, 0.3) is 0 Å². The highest BCUT2D eigenvalue weighted by molar-refractivity contribution is 6.30. The maximum absolute atomic E-state index is 12.0. The van der Waals surface area contributed by atoms with Gasteiger partial charge in [0.15, 0.2) is 0 Å². The van der Waals surface area contributed by atoms with Crippen LogP contribution in [-0.4, -0.2) is 35.1 Å². The van der Waals surface area contributed by atoms with Crippen LogP contribution >= 0.6 is 24.0 Å². The van der Waals surface area contributed by atoms with E-state index in [-0.39, 0.29) is 18.4 Å². The third-order valence-electron chi connectivity index (χ3n) is 4.61. The van der Waals surface area contributed by atoms with Crippen molar-refractivity contribution in [2.45, 2.75) is 26.3 Å². The molecule has 1 aromatic carbocycles. The molecule has 4 nitrogen and oxygen atoms in total. The number of rotatable bonds is 4. The lowest BCUT2D eigenvalue weighted by atomic mass is 10.1. The van der Waals surface area contributed by atoms with Gasteiger partial charge in [0.1, 0.15) is 5.69 Å². The van der Waals surface area contributed by atoms with Crippen molar-refractivity contribution in [2.75, 3.05) is 19.7 Å². The molecule has 0 saturated carbocycles. The van der Waals surface area contributed by atoms with Gasteiger partial charge in [-0.15, -0.1) is 12.4 Å². The topological polar surface area (TPSA) is 34.5 Å². The van der Waals surface area contributed by atoms with Gasteiger partial charge in [-0.25, -0.2) is 4.79 Å². The minimum Gasteiger partial charge on any atom is -0.461 e. The highest BCUT2D eigenvalue weighted by Gasteiger charge is 2.22. The van der Waals surface area contributed by atoms with E-state index < -0.39 is 0 Å². The van der Waals surface area contributed by atoms with Crippen LogP contribution in [0.5, 0.6) is 0 Å². The van der Waals surface area contributed by atoms with Gasteiger partial charge in [-0.1, -0.05) is 23.7 Å². The highest BCUT2D eigenvalue weighted by atomic mass is 35.5. The van der Waals surface area contributed by atoms with Crippen LogP contribution in [0.25, 0.3) is 0 Å². The van der Waals surface area contributed by atoms with Gasteiger partial charge >= 0.3 is 5.97 Å². The van der Waals surface area contributed by atoms with E-state index in [1.165, 1.54) is 16.8 Å². The van der Waals surface area contributed by atoms with Gasteiger partial charge in [-0.3, -0.25) is 4.90 Å². The predicted molar refractivity (Wildman–Crippen MR) is 103 cm³/mol. The molecule has 0 bridgehead atoms. The highest BCUT2D eigenvalue weighted by Crippen LogP contribution is 2.22. The summed E-state index contributed by atoms with van der Waals surface area (Å²) in [7, 11) is 1.96. The third-order valence-corrected chi connectivity index (χ3v) is 4.87. The lowest BCUT2D eigenvalue weighted by Crippen LogP contribution is -2.26. The molecule has 0 fully saturated rings. The molecule has 0 unspecified atom stereocenters. The second-order valence-corrected chi connectivity index (χ2v) is 6.62. The van der Waals surface area contributed by atoms with Crippen molar-refractivity contribution in [1.82, 2.24) is 9.47 Å². The minimum absolute atomic E-state index is 0. The quantitative estimate of drug-likeness (QED) is 0.752. The van der Waals surface area contributed by atoms with E-state index in [0.717, 1.165) is 37.5 Å². The molecule has 0 spiro atoms. The molecule has 136 valence electrons.